The summed E-state index contributed by atoms with van der Waals surface area (Å²) in [6, 6.07) is 76.2. The fraction of sp³-hybridized carbons (Fsp3) is 0.0533. The van der Waals surface area contributed by atoms with Crippen LogP contribution < -0.4 is 5.73 Å². The number of hydrogen-bond acceptors (Lipinski definition) is 7. The first kappa shape index (κ1) is 51.1. The number of furan rings is 1. The van der Waals surface area contributed by atoms with E-state index < -0.39 is 0 Å². The Kier molecular flexibility index (Phi) is 13.3. The Balaban J connectivity index is 0.914. The van der Waals surface area contributed by atoms with Gasteiger partial charge in [-0.05, 0) is 162 Å². The highest BCUT2D eigenvalue weighted by atomic mass is 16.3. The Morgan fingerprint density at radius 1 is 0.500 bits per heavy atom. The lowest BCUT2D eigenvalue weighted by atomic mass is 9.96. The van der Waals surface area contributed by atoms with Crippen LogP contribution in [0.5, 0.6) is 0 Å². The fourth-order valence-electron chi connectivity index (χ4n) is 12.1. The molecule has 0 spiro atoms. The molecular weight excluding hydrogens is 1030 g/mol. The number of aliphatic imine (C=N–C) groups is 3. The van der Waals surface area contributed by atoms with E-state index in [9.17, 15) is 0 Å². The van der Waals surface area contributed by atoms with Gasteiger partial charge in [0.25, 0.3) is 0 Å². The van der Waals surface area contributed by atoms with E-state index in [1.165, 1.54) is 0 Å². The third kappa shape index (κ3) is 9.05. The molecule has 0 aliphatic heterocycles. The molecule has 9 heteroatoms. The van der Waals surface area contributed by atoms with Crippen molar-refractivity contribution in [3.63, 3.8) is 0 Å². The van der Waals surface area contributed by atoms with E-state index in [4.69, 9.17) is 20.1 Å². The van der Waals surface area contributed by atoms with Crippen LogP contribution in [0.25, 0.3) is 144 Å². The van der Waals surface area contributed by atoms with Crippen LogP contribution >= 0.6 is 0 Å². The van der Waals surface area contributed by atoms with E-state index in [0.717, 1.165) is 168 Å². The van der Waals surface area contributed by atoms with Crippen molar-refractivity contribution in [2.75, 3.05) is 0 Å². The predicted molar refractivity (Wildman–Crippen MR) is 352 cm³/mol. The first-order chi connectivity index (χ1) is 41.5. The maximum atomic E-state index is 6.66. The van der Waals surface area contributed by atoms with E-state index in [-0.39, 0.29) is 0 Å². The van der Waals surface area contributed by atoms with Gasteiger partial charge in [0.05, 0.1) is 51.6 Å². The highest BCUT2D eigenvalue weighted by molar-refractivity contribution is 6.15. The second-order valence-electron chi connectivity index (χ2n) is 20.9. The van der Waals surface area contributed by atoms with Gasteiger partial charge in [-0.15, -0.1) is 0 Å². The minimum absolute atomic E-state index is 0.742. The van der Waals surface area contributed by atoms with Crippen molar-refractivity contribution in [1.82, 2.24) is 19.1 Å². The van der Waals surface area contributed by atoms with Crippen molar-refractivity contribution >= 4 is 96.1 Å². The zero-order valence-corrected chi connectivity index (χ0v) is 46.5. The van der Waals surface area contributed by atoms with Crippen LogP contribution in [0.2, 0.25) is 0 Å². The molecular formula is C75H56N8O. The lowest BCUT2D eigenvalue weighted by molar-refractivity contribution is 0.669. The van der Waals surface area contributed by atoms with Gasteiger partial charge in [0, 0.05) is 91.4 Å². The number of rotatable bonds is 14. The number of unbranched alkanes of at least 4 members (excludes halogenated alkanes) is 1. The maximum absolute atomic E-state index is 6.66. The molecule has 2 N–H and O–H groups in total. The molecule has 10 aromatic carbocycles. The number of benzene rings is 10. The summed E-state index contributed by atoms with van der Waals surface area (Å²) in [5.74, 6) is 0. The summed E-state index contributed by atoms with van der Waals surface area (Å²) in [5, 5.41) is 6.61. The second kappa shape index (κ2) is 21.8. The van der Waals surface area contributed by atoms with Gasteiger partial charge in [-0.3, -0.25) is 24.9 Å². The molecule has 4 aromatic heterocycles. The summed E-state index contributed by atoms with van der Waals surface area (Å²) in [4.78, 5) is 22.6. The summed E-state index contributed by atoms with van der Waals surface area (Å²) >= 11 is 0. The molecule has 0 unspecified atom stereocenters. The molecule has 0 saturated heterocycles. The molecule has 14 aromatic rings. The van der Waals surface area contributed by atoms with Crippen LogP contribution in [0.4, 0.5) is 0 Å². The van der Waals surface area contributed by atoms with Crippen molar-refractivity contribution in [2.45, 2.75) is 26.7 Å². The number of fused-ring (bicyclic) bond motifs is 9. The monoisotopic (exact) mass is 1080 g/mol. The van der Waals surface area contributed by atoms with Gasteiger partial charge in [0.1, 0.15) is 11.2 Å². The number of hydrogen-bond donors (Lipinski definition) is 1. The standard InChI is InChI=1S/C75H56N8O/c1-4-6-35-80-67(45-76)59-21-12-10-19-57(59)52-25-31-71-63(42-52)61-40-50(24-29-70(61)82(71)55-17-8-7-9-18-55)51-27-33-74-65(41-51)66-44-56(28-34-75(66)84-74)83-72-30-23-49(48-15-14-16-54(38-48)68-47-78-36-37-81-68)39-62(72)64-43-53(26-32-73(64)83)58-20-11-13-22-60(58)69(46-77-3)79-5-2/h5,7-47H,3-4,6,76H2,1-2H3/b67-45-,69-46-,79-5?,80-35?. The molecule has 0 amide bonds. The van der Waals surface area contributed by atoms with Crippen LogP contribution in [0.3, 0.4) is 0 Å². The average Bonchev–Trinajstić information content (AvgIpc) is 3.96. The molecule has 84 heavy (non-hydrogen) atoms. The Morgan fingerprint density at radius 2 is 1.02 bits per heavy atom. The van der Waals surface area contributed by atoms with Crippen molar-refractivity contribution in [2.24, 2.45) is 20.7 Å². The summed E-state index contributed by atoms with van der Waals surface area (Å²) in [5.41, 5.74) is 28.4. The average molecular weight is 1090 g/mol. The molecule has 0 aliphatic carbocycles. The van der Waals surface area contributed by atoms with Crippen LogP contribution in [0, 0.1) is 0 Å². The SMILES string of the molecule is C=N/C=C(\N=CC)c1ccccc1-c1ccc2c(c1)c1cc(-c3cccc(-c4cnccn4)c3)ccc1n2-c1ccc2oc3ccc(-c4ccc5c(c4)c4cc(-c6ccccc6/C(=C/N)N=CCCC)ccc4n5-c4ccccc4)cc3c2c1. The molecule has 14 rings (SSSR count). The largest absolute Gasteiger partial charge is 0.456 e. The van der Waals surface area contributed by atoms with Crippen molar-refractivity contribution in [3.8, 4) is 67.1 Å². The minimum Gasteiger partial charge on any atom is -0.456 e. The van der Waals surface area contributed by atoms with E-state index in [0.29, 0.717) is 0 Å². The van der Waals surface area contributed by atoms with Crippen LogP contribution in [0.1, 0.15) is 37.8 Å². The van der Waals surface area contributed by atoms with E-state index in [1.807, 2.05) is 25.3 Å². The van der Waals surface area contributed by atoms with Crippen LogP contribution in [0.15, 0.2) is 263 Å². The van der Waals surface area contributed by atoms with Crippen LogP contribution in [-0.4, -0.2) is 38.2 Å². The number of nitrogens with zero attached hydrogens (tertiary/aromatic N) is 7. The lowest BCUT2D eigenvalue weighted by Gasteiger charge is -2.11. The van der Waals surface area contributed by atoms with Gasteiger partial charge in [0.15, 0.2) is 0 Å². The smallest absolute Gasteiger partial charge is 0.135 e. The van der Waals surface area contributed by atoms with Gasteiger partial charge < -0.3 is 19.3 Å². The number of nitrogens with two attached hydrogens (primary N) is 1. The summed E-state index contributed by atoms with van der Waals surface area (Å²) in [7, 11) is 0. The third-order valence-corrected chi connectivity index (χ3v) is 16.0. The summed E-state index contributed by atoms with van der Waals surface area (Å²) in [6.45, 7) is 7.82. The molecule has 402 valence electrons. The van der Waals surface area contributed by atoms with Crippen LogP contribution in [-0.2, 0) is 0 Å². The maximum Gasteiger partial charge on any atom is 0.135 e. The zero-order valence-electron chi connectivity index (χ0n) is 46.5. The Labute approximate surface area is 486 Å². The van der Waals surface area contributed by atoms with Crippen molar-refractivity contribution in [1.29, 1.82) is 0 Å². The topological polar surface area (TPSA) is 112 Å². The Morgan fingerprint density at radius 3 is 1.62 bits per heavy atom. The quantitative estimate of drug-likeness (QED) is 0.109. The molecule has 0 atom stereocenters. The van der Waals surface area contributed by atoms with E-state index in [2.05, 4.69) is 238 Å². The lowest BCUT2D eigenvalue weighted by Crippen LogP contribution is -1.94. The first-order valence-corrected chi connectivity index (χ1v) is 28.3. The normalized spacial score (nSPS) is 12.4. The molecule has 4 heterocycles. The van der Waals surface area contributed by atoms with E-state index >= 15 is 0 Å². The van der Waals surface area contributed by atoms with E-state index in [1.54, 1.807) is 37.2 Å². The molecule has 0 aliphatic rings. The molecule has 0 fully saturated rings. The Hall–Kier alpha value is -11.0. The summed E-state index contributed by atoms with van der Waals surface area (Å²) < 4.78 is 11.4. The highest BCUT2D eigenvalue weighted by Crippen LogP contribution is 2.43. The number of aromatic nitrogens is 4. The first-order valence-electron chi connectivity index (χ1n) is 28.3. The zero-order chi connectivity index (χ0) is 56.7. The van der Waals surface area contributed by atoms with Gasteiger partial charge in [-0.1, -0.05) is 129 Å². The minimum atomic E-state index is 0.742. The molecule has 0 bridgehead atoms. The van der Waals surface area contributed by atoms with Crippen molar-refractivity contribution < 1.29 is 4.42 Å². The van der Waals surface area contributed by atoms with Gasteiger partial charge in [-0.2, -0.15) is 0 Å². The summed E-state index contributed by atoms with van der Waals surface area (Å²) in [6.07, 6.45) is 14.2. The van der Waals surface area contributed by atoms with Gasteiger partial charge in [0.2, 0.25) is 0 Å². The van der Waals surface area contributed by atoms with Crippen molar-refractivity contribution in [3.05, 3.63) is 254 Å². The number of para-hydroxylation sites is 1. The molecule has 0 saturated carbocycles. The van der Waals surface area contributed by atoms with Gasteiger partial charge >= 0.3 is 0 Å². The predicted octanol–water partition coefficient (Wildman–Crippen LogP) is 19.1. The fourth-order valence-corrected chi connectivity index (χ4v) is 12.1. The molecule has 9 nitrogen and oxygen atoms in total. The highest BCUT2D eigenvalue weighted by Gasteiger charge is 2.21. The molecule has 0 radical (unpaired) electrons. The second-order valence-corrected chi connectivity index (χ2v) is 20.9. The third-order valence-electron chi connectivity index (χ3n) is 16.0. The van der Waals surface area contributed by atoms with Gasteiger partial charge in [-0.25, -0.2) is 0 Å². The Bertz CT molecular complexity index is 5020.